The molecule has 1 aromatic heterocycles. The quantitative estimate of drug-likeness (QED) is 0.872. The number of hydrogen-bond acceptors (Lipinski definition) is 4. The third kappa shape index (κ3) is 3.27. The topological polar surface area (TPSA) is 28.2 Å². The summed E-state index contributed by atoms with van der Waals surface area (Å²) in [6.07, 6.45) is 1.07. The van der Waals surface area contributed by atoms with E-state index in [4.69, 9.17) is 4.98 Å². The maximum absolute atomic E-state index is 4.77. The molecule has 0 spiro atoms. The lowest BCUT2D eigenvalue weighted by molar-refractivity contribution is 0.198. The number of rotatable bonds is 2. The first-order valence-corrected chi connectivity index (χ1v) is 7.20. The van der Waals surface area contributed by atoms with Crippen LogP contribution in [0.1, 0.15) is 31.5 Å². The van der Waals surface area contributed by atoms with Crippen LogP contribution >= 0.6 is 11.3 Å². The molecular formula is C13H23N3S. The molecule has 2 heterocycles. The van der Waals surface area contributed by atoms with Gasteiger partial charge in [-0.25, -0.2) is 4.98 Å². The van der Waals surface area contributed by atoms with Gasteiger partial charge in [0.05, 0.1) is 10.7 Å². The lowest BCUT2D eigenvalue weighted by Crippen LogP contribution is -2.50. The Hall–Kier alpha value is -0.450. The van der Waals surface area contributed by atoms with Crippen molar-refractivity contribution in [3.05, 3.63) is 16.1 Å². The highest BCUT2D eigenvalue weighted by Gasteiger charge is 2.22. The molecule has 1 fully saturated rings. The zero-order chi connectivity index (χ0) is 12.5. The average Bonchev–Trinajstić information content (AvgIpc) is 2.69. The van der Waals surface area contributed by atoms with Gasteiger partial charge < -0.3 is 10.2 Å². The minimum atomic E-state index is 0.180. The number of piperazine rings is 1. The molecule has 1 unspecified atom stereocenters. The minimum Gasteiger partial charge on any atom is -0.314 e. The maximum atomic E-state index is 4.77. The van der Waals surface area contributed by atoms with E-state index in [1.54, 1.807) is 11.3 Å². The number of nitrogens with zero attached hydrogens (tertiary/aromatic N) is 2. The number of thiazole rings is 1. The molecule has 3 nitrogen and oxygen atoms in total. The third-order valence-electron chi connectivity index (χ3n) is 3.28. The third-order valence-corrected chi connectivity index (χ3v) is 4.60. The van der Waals surface area contributed by atoms with Crippen LogP contribution in [0, 0.1) is 0 Å². The number of likely N-dealkylation sites (N-methyl/N-ethyl adjacent to an activating group) is 1. The summed E-state index contributed by atoms with van der Waals surface area (Å²) in [4.78, 5) is 7.21. The van der Waals surface area contributed by atoms with Crippen LogP contribution in [-0.2, 0) is 11.8 Å². The average molecular weight is 253 g/mol. The summed E-state index contributed by atoms with van der Waals surface area (Å²) in [5, 5.41) is 6.93. The Kier molecular flexibility index (Phi) is 3.85. The summed E-state index contributed by atoms with van der Waals surface area (Å²) >= 11 is 1.80. The molecule has 1 saturated heterocycles. The standard InChI is InChI=1S/C13H23N3S/c1-13(2,3)12-15-10(9-17-12)7-11-8-14-5-6-16(11)4/h9,11,14H,5-8H2,1-4H3. The van der Waals surface area contributed by atoms with Crippen LogP contribution in [0.5, 0.6) is 0 Å². The molecule has 2 rings (SSSR count). The highest BCUT2D eigenvalue weighted by Crippen LogP contribution is 2.26. The first-order valence-electron chi connectivity index (χ1n) is 6.32. The molecule has 0 amide bonds. The van der Waals surface area contributed by atoms with Gasteiger partial charge in [0, 0.05) is 42.9 Å². The van der Waals surface area contributed by atoms with Gasteiger partial charge in [-0.3, -0.25) is 0 Å². The molecule has 1 aromatic rings. The van der Waals surface area contributed by atoms with Crippen molar-refractivity contribution >= 4 is 11.3 Å². The molecule has 17 heavy (non-hydrogen) atoms. The second-order valence-corrected chi connectivity index (χ2v) is 6.79. The van der Waals surface area contributed by atoms with Gasteiger partial charge in [0.25, 0.3) is 0 Å². The molecule has 0 saturated carbocycles. The lowest BCUT2D eigenvalue weighted by atomic mass is 9.98. The van der Waals surface area contributed by atoms with Gasteiger partial charge in [-0.15, -0.1) is 11.3 Å². The van der Waals surface area contributed by atoms with E-state index < -0.39 is 0 Å². The Morgan fingerprint density at radius 2 is 2.29 bits per heavy atom. The molecule has 0 radical (unpaired) electrons. The van der Waals surface area contributed by atoms with Crippen LogP contribution in [-0.4, -0.2) is 42.6 Å². The van der Waals surface area contributed by atoms with Crippen molar-refractivity contribution in [2.75, 3.05) is 26.7 Å². The molecular weight excluding hydrogens is 230 g/mol. The van der Waals surface area contributed by atoms with Crippen LogP contribution in [0.3, 0.4) is 0 Å². The van der Waals surface area contributed by atoms with E-state index in [1.165, 1.54) is 10.7 Å². The molecule has 1 atom stereocenters. The first kappa shape index (κ1) is 13.0. The fourth-order valence-corrected chi connectivity index (χ4v) is 3.00. The Bertz CT molecular complexity index is 367. The molecule has 0 bridgehead atoms. The second-order valence-electron chi connectivity index (χ2n) is 5.94. The van der Waals surface area contributed by atoms with Gasteiger partial charge in [-0.05, 0) is 7.05 Å². The van der Waals surface area contributed by atoms with Crippen LogP contribution in [0.2, 0.25) is 0 Å². The fraction of sp³-hybridized carbons (Fsp3) is 0.769. The molecule has 0 aromatic carbocycles. The zero-order valence-electron chi connectivity index (χ0n) is 11.3. The largest absolute Gasteiger partial charge is 0.314 e. The predicted octanol–water partition coefficient (Wildman–Crippen LogP) is 1.89. The van der Waals surface area contributed by atoms with E-state index in [0.29, 0.717) is 6.04 Å². The second kappa shape index (κ2) is 5.04. The highest BCUT2D eigenvalue weighted by atomic mass is 32.1. The molecule has 1 aliphatic rings. The van der Waals surface area contributed by atoms with E-state index in [0.717, 1.165) is 26.1 Å². The normalized spacial score (nSPS) is 22.9. The van der Waals surface area contributed by atoms with Gasteiger partial charge in [0.2, 0.25) is 0 Å². The van der Waals surface area contributed by atoms with Gasteiger partial charge in [0.1, 0.15) is 0 Å². The van der Waals surface area contributed by atoms with Crippen LogP contribution < -0.4 is 5.32 Å². The number of aromatic nitrogens is 1. The summed E-state index contributed by atoms with van der Waals surface area (Å²) in [5.41, 5.74) is 1.43. The molecule has 1 N–H and O–H groups in total. The van der Waals surface area contributed by atoms with E-state index in [9.17, 15) is 0 Å². The molecule has 4 heteroatoms. The monoisotopic (exact) mass is 253 g/mol. The smallest absolute Gasteiger partial charge is 0.0981 e. The minimum absolute atomic E-state index is 0.180. The summed E-state index contributed by atoms with van der Waals surface area (Å²) in [6.45, 7) is 10.0. The van der Waals surface area contributed by atoms with Gasteiger partial charge in [0.15, 0.2) is 0 Å². The van der Waals surface area contributed by atoms with Crippen molar-refractivity contribution < 1.29 is 0 Å². The summed E-state index contributed by atoms with van der Waals surface area (Å²) in [5.74, 6) is 0. The predicted molar refractivity (Wildman–Crippen MR) is 73.8 cm³/mol. The van der Waals surface area contributed by atoms with Crippen molar-refractivity contribution in [2.24, 2.45) is 0 Å². The molecule has 96 valence electrons. The Balaban J connectivity index is 2.01. The molecule has 1 aliphatic heterocycles. The van der Waals surface area contributed by atoms with Crippen LogP contribution in [0.25, 0.3) is 0 Å². The number of hydrogen-bond donors (Lipinski definition) is 1. The van der Waals surface area contributed by atoms with Crippen molar-refractivity contribution in [3.63, 3.8) is 0 Å². The van der Waals surface area contributed by atoms with Crippen molar-refractivity contribution in [1.29, 1.82) is 0 Å². The Morgan fingerprint density at radius 3 is 2.88 bits per heavy atom. The first-order chi connectivity index (χ1) is 7.97. The summed E-state index contributed by atoms with van der Waals surface area (Å²) in [6, 6.07) is 0.596. The fourth-order valence-electron chi connectivity index (χ4n) is 2.08. The van der Waals surface area contributed by atoms with Gasteiger partial charge in [-0.1, -0.05) is 20.8 Å². The van der Waals surface area contributed by atoms with E-state index in [2.05, 4.69) is 43.4 Å². The summed E-state index contributed by atoms with van der Waals surface area (Å²) in [7, 11) is 2.21. The van der Waals surface area contributed by atoms with Crippen molar-refractivity contribution in [1.82, 2.24) is 15.2 Å². The highest BCUT2D eigenvalue weighted by molar-refractivity contribution is 7.09. The Labute approximate surface area is 108 Å². The number of nitrogens with one attached hydrogen (secondary N) is 1. The van der Waals surface area contributed by atoms with Crippen LogP contribution in [0.15, 0.2) is 5.38 Å². The van der Waals surface area contributed by atoms with E-state index in [-0.39, 0.29) is 5.41 Å². The van der Waals surface area contributed by atoms with E-state index in [1.807, 2.05) is 0 Å². The zero-order valence-corrected chi connectivity index (χ0v) is 12.1. The Morgan fingerprint density at radius 1 is 1.53 bits per heavy atom. The van der Waals surface area contributed by atoms with Gasteiger partial charge >= 0.3 is 0 Å². The van der Waals surface area contributed by atoms with Crippen molar-refractivity contribution in [3.8, 4) is 0 Å². The maximum Gasteiger partial charge on any atom is 0.0981 e. The van der Waals surface area contributed by atoms with E-state index >= 15 is 0 Å². The van der Waals surface area contributed by atoms with Crippen LogP contribution in [0.4, 0.5) is 0 Å². The van der Waals surface area contributed by atoms with Gasteiger partial charge in [-0.2, -0.15) is 0 Å². The lowest BCUT2D eigenvalue weighted by Gasteiger charge is -2.32. The SMILES string of the molecule is CN1CCNCC1Cc1csc(C(C)(C)C)n1. The van der Waals surface area contributed by atoms with Crippen molar-refractivity contribution in [2.45, 2.75) is 38.6 Å². The molecule has 0 aliphatic carbocycles. The summed E-state index contributed by atoms with van der Waals surface area (Å²) < 4.78 is 0.